The Morgan fingerprint density at radius 3 is 2.85 bits per heavy atom. The van der Waals surface area contributed by atoms with E-state index >= 15 is 0 Å². The van der Waals surface area contributed by atoms with Gasteiger partial charge in [-0.05, 0) is 45.1 Å². The summed E-state index contributed by atoms with van der Waals surface area (Å²) in [5.74, 6) is 1.73. The number of rotatable bonds is 7. The van der Waals surface area contributed by atoms with Crippen molar-refractivity contribution in [3.63, 3.8) is 0 Å². The summed E-state index contributed by atoms with van der Waals surface area (Å²) < 4.78 is 5.63. The lowest BCUT2D eigenvalue weighted by Crippen LogP contribution is -2.44. The number of aromatic nitrogens is 3. The number of benzene rings is 1. The highest BCUT2D eigenvalue weighted by Gasteiger charge is 2.14. The fraction of sp³-hybridized carbons (Fsp3) is 0.500. The van der Waals surface area contributed by atoms with E-state index in [2.05, 4.69) is 37.1 Å². The zero-order valence-corrected chi connectivity index (χ0v) is 16.2. The lowest BCUT2D eigenvalue weighted by molar-refractivity contribution is 0.154. The van der Waals surface area contributed by atoms with Crippen molar-refractivity contribution in [2.45, 2.75) is 13.3 Å². The number of H-pyrrole nitrogens is 1. The van der Waals surface area contributed by atoms with Gasteiger partial charge < -0.3 is 24.8 Å². The molecule has 2 aromatic heterocycles. The highest BCUT2D eigenvalue weighted by atomic mass is 16.5. The molecule has 0 saturated carbocycles. The third-order valence-corrected chi connectivity index (χ3v) is 5.20. The van der Waals surface area contributed by atoms with Crippen LogP contribution in [0.15, 0.2) is 24.5 Å². The smallest absolute Gasteiger partial charge is 0.153 e. The highest BCUT2D eigenvalue weighted by Crippen LogP contribution is 2.30. The molecule has 7 nitrogen and oxygen atoms in total. The molecular formula is C20H28N6O. The third kappa shape index (κ3) is 3.99. The van der Waals surface area contributed by atoms with Crippen molar-refractivity contribution in [3.8, 4) is 5.75 Å². The average molecular weight is 368 g/mol. The van der Waals surface area contributed by atoms with Crippen molar-refractivity contribution in [1.29, 1.82) is 0 Å². The molecule has 0 amide bonds. The molecule has 0 radical (unpaired) electrons. The van der Waals surface area contributed by atoms with Gasteiger partial charge in [-0.3, -0.25) is 0 Å². The number of aromatic amines is 1. The van der Waals surface area contributed by atoms with Crippen LogP contribution < -0.4 is 10.1 Å². The molecule has 3 aromatic rings. The first kappa shape index (κ1) is 18.0. The molecule has 1 fully saturated rings. The van der Waals surface area contributed by atoms with Crippen molar-refractivity contribution >= 4 is 27.8 Å². The van der Waals surface area contributed by atoms with E-state index in [0.29, 0.717) is 6.61 Å². The predicted octanol–water partition coefficient (Wildman–Crippen LogP) is 2.56. The van der Waals surface area contributed by atoms with Gasteiger partial charge in [0.25, 0.3) is 0 Å². The Balaban J connectivity index is 1.43. The fourth-order valence-electron chi connectivity index (χ4n) is 3.64. The van der Waals surface area contributed by atoms with E-state index in [1.807, 2.05) is 25.1 Å². The molecule has 2 N–H and O–H groups in total. The number of nitrogens with one attached hydrogen (secondary N) is 2. The van der Waals surface area contributed by atoms with Crippen LogP contribution in [0.1, 0.15) is 13.3 Å². The molecule has 0 atom stereocenters. The number of anilines is 1. The largest absolute Gasteiger partial charge is 0.494 e. The van der Waals surface area contributed by atoms with E-state index in [4.69, 9.17) is 4.74 Å². The van der Waals surface area contributed by atoms with Crippen LogP contribution in [0.4, 0.5) is 5.82 Å². The first-order valence-electron chi connectivity index (χ1n) is 9.78. The van der Waals surface area contributed by atoms with Crippen LogP contribution in [0.2, 0.25) is 0 Å². The molecule has 1 aliphatic rings. The van der Waals surface area contributed by atoms with Gasteiger partial charge in [-0.15, -0.1) is 0 Å². The maximum Gasteiger partial charge on any atom is 0.153 e. The van der Waals surface area contributed by atoms with Gasteiger partial charge in [0, 0.05) is 43.6 Å². The van der Waals surface area contributed by atoms with E-state index in [1.54, 1.807) is 6.33 Å². The van der Waals surface area contributed by atoms with Gasteiger partial charge in [-0.2, -0.15) is 0 Å². The van der Waals surface area contributed by atoms with E-state index in [1.165, 1.54) is 26.2 Å². The molecule has 0 bridgehead atoms. The molecule has 1 aliphatic heterocycles. The van der Waals surface area contributed by atoms with Crippen molar-refractivity contribution in [3.05, 3.63) is 24.5 Å². The fourth-order valence-corrected chi connectivity index (χ4v) is 3.64. The minimum atomic E-state index is 0.656. The summed E-state index contributed by atoms with van der Waals surface area (Å²) in [4.78, 5) is 17.3. The van der Waals surface area contributed by atoms with Crippen LogP contribution in [-0.4, -0.2) is 77.7 Å². The lowest BCUT2D eigenvalue weighted by atomic mass is 10.2. The van der Waals surface area contributed by atoms with Crippen LogP contribution in [-0.2, 0) is 0 Å². The SMILES string of the molecule is CCOc1ccc2[nH]c3c(NCCCN4CCN(C)CC4)ncnc3c2c1. The maximum absolute atomic E-state index is 5.63. The lowest BCUT2D eigenvalue weighted by Gasteiger charge is -2.32. The summed E-state index contributed by atoms with van der Waals surface area (Å²) in [6.45, 7) is 9.33. The van der Waals surface area contributed by atoms with Gasteiger partial charge in [0.15, 0.2) is 5.82 Å². The minimum absolute atomic E-state index is 0.656. The van der Waals surface area contributed by atoms with Crippen molar-refractivity contribution < 1.29 is 4.74 Å². The summed E-state index contributed by atoms with van der Waals surface area (Å²) in [6, 6.07) is 6.07. The topological polar surface area (TPSA) is 69.3 Å². The maximum atomic E-state index is 5.63. The number of hydrogen-bond acceptors (Lipinski definition) is 6. The van der Waals surface area contributed by atoms with Crippen molar-refractivity contribution in [1.82, 2.24) is 24.8 Å². The van der Waals surface area contributed by atoms with Crippen LogP contribution in [0.5, 0.6) is 5.75 Å². The Bertz CT molecular complexity index is 900. The number of piperazine rings is 1. The van der Waals surface area contributed by atoms with E-state index in [-0.39, 0.29) is 0 Å². The Labute approximate surface area is 159 Å². The van der Waals surface area contributed by atoms with E-state index < -0.39 is 0 Å². The van der Waals surface area contributed by atoms with Crippen LogP contribution in [0.3, 0.4) is 0 Å². The van der Waals surface area contributed by atoms with Crippen LogP contribution >= 0.6 is 0 Å². The minimum Gasteiger partial charge on any atom is -0.494 e. The van der Waals surface area contributed by atoms with Crippen molar-refractivity contribution in [2.75, 3.05) is 58.2 Å². The van der Waals surface area contributed by atoms with Crippen molar-refractivity contribution in [2.24, 2.45) is 0 Å². The van der Waals surface area contributed by atoms with Gasteiger partial charge in [0.05, 0.1) is 6.61 Å². The molecule has 7 heteroatoms. The predicted molar refractivity (Wildman–Crippen MR) is 110 cm³/mol. The molecule has 27 heavy (non-hydrogen) atoms. The molecule has 0 aliphatic carbocycles. The van der Waals surface area contributed by atoms with E-state index in [0.717, 1.165) is 53.0 Å². The third-order valence-electron chi connectivity index (χ3n) is 5.20. The van der Waals surface area contributed by atoms with Gasteiger partial charge in [0.1, 0.15) is 23.1 Å². The summed E-state index contributed by atoms with van der Waals surface area (Å²) >= 11 is 0. The standard InChI is InChI=1S/C20H28N6O/c1-3-27-15-5-6-17-16(13-15)18-19(24-17)20(23-14-22-18)21-7-4-8-26-11-9-25(2)10-12-26/h5-6,13-14,24H,3-4,7-12H2,1-2H3,(H,21,22,23). The summed E-state index contributed by atoms with van der Waals surface area (Å²) in [5.41, 5.74) is 2.94. The Morgan fingerprint density at radius 1 is 1.19 bits per heavy atom. The Morgan fingerprint density at radius 2 is 2.04 bits per heavy atom. The molecule has 0 unspecified atom stereocenters. The molecule has 1 saturated heterocycles. The molecule has 4 rings (SSSR count). The van der Waals surface area contributed by atoms with Crippen LogP contribution in [0, 0.1) is 0 Å². The van der Waals surface area contributed by atoms with Crippen LogP contribution in [0.25, 0.3) is 21.9 Å². The normalized spacial score (nSPS) is 16.2. The Hall–Kier alpha value is -2.38. The first-order chi connectivity index (χ1) is 13.2. The number of hydrogen-bond donors (Lipinski definition) is 2. The molecule has 144 valence electrons. The number of nitrogens with zero attached hydrogens (tertiary/aromatic N) is 4. The number of likely N-dealkylation sites (N-methyl/N-ethyl adjacent to an activating group) is 1. The van der Waals surface area contributed by atoms with Gasteiger partial charge in [-0.1, -0.05) is 0 Å². The summed E-state index contributed by atoms with van der Waals surface area (Å²) in [6.07, 6.45) is 2.73. The molecule has 3 heterocycles. The number of fused-ring (bicyclic) bond motifs is 3. The average Bonchev–Trinajstić information content (AvgIpc) is 3.06. The van der Waals surface area contributed by atoms with Gasteiger partial charge in [-0.25, -0.2) is 9.97 Å². The highest BCUT2D eigenvalue weighted by molar-refractivity contribution is 6.08. The zero-order chi connectivity index (χ0) is 18.6. The Kier molecular flexibility index (Phi) is 5.40. The second kappa shape index (κ2) is 8.10. The van der Waals surface area contributed by atoms with Gasteiger partial charge in [0.2, 0.25) is 0 Å². The summed E-state index contributed by atoms with van der Waals surface area (Å²) in [7, 11) is 2.19. The number of ether oxygens (including phenoxy) is 1. The molecule has 0 spiro atoms. The van der Waals surface area contributed by atoms with E-state index in [9.17, 15) is 0 Å². The molecular weight excluding hydrogens is 340 g/mol. The summed E-state index contributed by atoms with van der Waals surface area (Å²) in [5, 5.41) is 4.55. The zero-order valence-electron chi connectivity index (χ0n) is 16.2. The van der Waals surface area contributed by atoms with Gasteiger partial charge >= 0.3 is 0 Å². The first-order valence-corrected chi connectivity index (χ1v) is 9.78. The quantitative estimate of drug-likeness (QED) is 0.625. The molecule has 1 aromatic carbocycles. The second-order valence-electron chi connectivity index (χ2n) is 7.14. The second-order valence-corrected chi connectivity index (χ2v) is 7.14. The monoisotopic (exact) mass is 368 g/mol.